The minimum atomic E-state index is -1.22. The summed E-state index contributed by atoms with van der Waals surface area (Å²) in [5.74, 6) is 0. The molecule has 2 aliphatic rings. The molecule has 0 bridgehead atoms. The van der Waals surface area contributed by atoms with Crippen molar-refractivity contribution >= 4 is 27.0 Å². The number of hydrogen-bond acceptors (Lipinski definition) is 2. The number of benzene rings is 2. The normalized spacial score (nSPS) is 19.2. The Morgan fingerprint density at radius 3 is 2.48 bits per heavy atom. The largest absolute Gasteiger partial charge is 0.399 e. The standard InChI is InChI=1S/C22H22N2S/c1-14-6-4-5-7-17(14)22-18-10-8-15(23)12-20(18)25(2,3)21-13-16(24)9-11-19(21)22/h4-13,23H,24H2,1-3H3. The Bertz CT molecular complexity index is 1010. The maximum absolute atomic E-state index is 8.13. The lowest BCUT2D eigenvalue weighted by Crippen LogP contribution is -2.16. The van der Waals surface area contributed by atoms with Crippen molar-refractivity contribution in [1.29, 1.82) is 5.41 Å². The first-order chi connectivity index (χ1) is 11.9. The molecule has 0 saturated heterocycles. The smallest absolute Gasteiger partial charge is 0.0551 e. The van der Waals surface area contributed by atoms with Gasteiger partial charge in [0, 0.05) is 15.5 Å². The van der Waals surface area contributed by atoms with Gasteiger partial charge in [-0.1, -0.05) is 36.4 Å². The second kappa shape index (κ2) is 5.50. The van der Waals surface area contributed by atoms with E-state index in [9.17, 15) is 0 Å². The molecule has 1 heterocycles. The van der Waals surface area contributed by atoms with Crippen molar-refractivity contribution in [2.75, 3.05) is 18.2 Å². The van der Waals surface area contributed by atoms with Gasteiger partial charge in [0.25, 0.3) is 0 Å². The molecule has 126 valence electrons. The van der Waals surface area contributed by atoms with E-state index in [-0.39, 0.29) is 0 Å². The molecule has 2 aromatic carbocycles. The van der Waals surface area contributed by atoms with Crippen LogP contribution < -0.4 is 5.73 Å². The lowest BCUT2D eigenvalue weighted by Gasteiger charge is -2.43. The fourth-order valence-electron chi connectivity index (χ4n) is 3.73. The van der Waals surface area contributed by atoms with E-state index in [1.165, 1.54) is 37.6 Å². The highest BCUT2D eigenvalue weighted by molar-refractivity contribution is 8.36. The van der Waals surface area contributed by atoms with Crippen molar-refractivity contribution in [2.24, 2.45) is 0 Å². The summed E-state index contributed by atoms with van der Waals surface area (Å²) in [6, 6.07) is 14.8. The Morgan fingerprint density at radius 1 is 0.960 bits per heavy atom. The number of nitrogens with one attached hydrogen (secondary N) is 1. The molecule has 25 heavy (non-hydrogen) atoms. The van der Waals surface area contributed by atoms with E-state index in [1.54, 1.807) is 0 Å². The van der Waals surface area contributed by atoms with Gasteiger partial charge in [0.15, 0.2) is 0 Å². The van der Waals surface area contributed by atoms with E-state index in [0.29, 0.717) is 5.71 Å². The first-order valence-electron chi connectivity index (χ1n) is 8.32. The third-order valence-electron chi connectivity index (χ3n) is 5.04. The SMILES string of the molecule is Cc1ccccc1C1=C2C=CC(=N)C=C2S(C)(C)c2cc(N)ccc21. The van der Waals surface area contributed by atoms with Gasteiger partial charge in [-0.15, -0.1) is 0 Å². The minimum absolute atomic E-state index is 0.566. The maximum atomic E-state index is 8.13. The summed E-state index contributed by atoms with van der Waals surface area (Å²) in [4.78, 5) is 2.58. The van der Waals surface area contributed by atoms with Crippen LogP contribution in [0.2, 0.25) is 0 Å². The second-order valence-electron chi connectivity index (χ2n) is 6.98. The van der Waals surface area contributed by atoms with Gasteiger partial charge < -0.3 is 11.1 Å². The molecule has 0 spiro atoms. The molecule has 0 unspecified atom stereocenters. The number of allylic oxidation sites excluding steroid dienone is 4. The topological polar surface area (TPSA) is 49.9 Å². The molecule has 0 fully saturated rings. The van der Waals surface area contributed by atoms with Gasteiger partial charge in [0.2, 0.25) is 0 Å². The summed E-state index contributed by atoms with van der Waals surface area (Å²) in [6.07, 6.45) is 10.7. The first-order valence-corrected chi connectivity index (χ1v) is 10.8. The molecule has 0 radical (unpaired) electrons. The summed E-state index contributed by atoms with van der Waals surface area (Å²) in [6.45, 7) is 2.16. The highest BCUT2D eigenvalue weighted by Crippen LogP contribution is 2.66. The molecule has 0 amide bonds. The number of fused-ring (bicyclic) bond motifs is 2. The van der Waals surface area contributed by atoms with E-state index in [1.807, 2.05) is 18.2 Å². The Labute approximate surface area is 150 Å². The summed E-state index contributed by atoms with van der Waals surface area (Å²) in [7, 11) is -1.22. The van der Waals surface area contributed by atoms with E-state index in [0.717, 1.165) is 5.69 Å². The fraction of sp³-hybridized carbons (Fsp3) is 0.136. The van der Waals surface area contributed by atoms with Crippen LogP contribution in [0.5, 0.6) is 0 Å². The van der Waals surface area contributed by atoms with Crippen LogP contribution in [0, 0.1) is 12.3 Å². The molecule has 3 heteroatoms. The second-order valence-corrected chi connectivity index (χ2v) is 10.5. The van der Waals surface area contributed by atoms with Crippen molar-refractivity contribution < 1.29 is 0 Å². The van der Waals surface area contributed by atoms with Crippen molar-refractivity contribution in [3.63, 3.8) is 0 Å². The Balaban J connectivity index is 2.14. The van der Waals surface area contributed by atoms with Gasteiger partial charge in [0.1, 0.15) is 0 Å². The van der Waals surface area contributed by atoms with Crippen LogP contribution in [0.25, 0.3) is 5.57 Å². The van der Waals surface area contributed by atoms with Gasteiger partial charge in [-0.2, -0.15) is 10.0 Å². The zero-order chi connectivity index (χ0) is 17.8. The van der Waals surface area contributed by atoms with Gasteiger partial charge >= 0.3 is 0 Å². The highest BCUT2D eigenvalue weighted by Gasteiger charge is 2.34. The third kappa shape index (κ3) is 2.38. The van der Waals surface area contributed by atoms with Crippen molar-refractivity contribution in [2.45, 2.75) is 11.8 Å². The molecule has 2 aromatic rings. The number of rotatable bonds is 1. The molecular formula is C22H22N2S. The zero-order valence-electron chi connectivity index (χ0n) is 14.8. The third-order valence-corrected chi connectivity index (χ3v) is 7.91. The monoisotopic (exact) mass is 346 g/mol. The van der Waals surface area contributed by atoms with Crippen LogP contribution >= 0.6 is 10.0 Å². The highest BCUT2D eigenvalue weighted by atomic mass is 32.3. The van der Waals surface area contributed by atoms with Crippen molar-refractivity contribution in [3.05, 3.63) is 87.9 Å². The van der Waals surface area contributed by atoms with E-state index in [2.05, 4.69) is 61.9 Å². The number of nitrogen functional groups attached to an aromatic ring is 1. The van der Waals surface area contributed by atoms with Crippen molar-refractivity contribution in [1.82, 2.24) is 0 Å². The van der Waals surface area contributed by atoms with Crippen LogP contribution in [0.4, 0.5) is 5.69 Å². The van der Waals surface area contributed by atoms with Crippen molar-refractivity contribution in [3.8, 4) is 0 Å². The van der Waals surface area contributed by atoms with Crippen LogP contribution in [0.3, 0.4) is 0 Å². The Kier molecular flexibility index (Phi) is 3.51. The molecule has 4 rings (SSSR count). The lowest BCUT2D eigenvalue weighted by atomic mass is 9.88. The van der Waals surface area contributed by atoms with Crippen LogP contribution in [-0.2, 0) is 0 Å². The predicted octanol–water partition coefficient (Wildman–Crippen LogP) is 5.29. The van der Waals surface area contributed by atoms with Gasteiger partial charge in [-0.25, -0.2) is 0 Å². The first kappa shape index (κ1) is 16.0. The molecule has 2 nitrogen and oxygen atoms in total. The summed E-state index contributed by atoms with van der Waals surface area (Å²) >= 11 is 0. The summed E-state index contributed by atoms with van der Waals surface area (Å²) in [5.41, 5.74) is 13.8. The van der Waals surface area contributed by atoms with E-state index in [4.69, 9.17) is 11.1 Å². The predicted molar refractivity (Wildman–Crippen MR) is 111 cm³/mol. The minimum Gasteiger partial charge on any atom is -0.399 e. The molecule has 3 N–H and O–H groups in total. The molecule has 1 aliphatic carbocycles. The summed E-state index contributed by atoms with van der Waals surface area (Å²) in [5, 5.41) is 8.13. The van der Waals surface area contributed by atoms with Crippen LogP contribution in [0.15, 0.2) is 76.1 Å². The average Bonchev–Trinajstić information content (AvgIpc) is 2.58. The van der Waals surface area contributed by atoms with Crippen LogP contribution in [-0.4, -0.2) is 18.2 Å². The quantitative estimate of drug-likeness (QED) is 0.677. The van der Waals surface area contributed by atoms with E-state index < -0.39 is 10.0 Å². The van der Waals surface area contributed by atoms with E-state index >= 15 is 0 Å². The Hall–Kier alpha value is -2.52. The summed E-state index contributed by atoms with van der Waals surface area (Å²) < 4.78 is 0. The van der Waals surface area contributed by atoms with Gasteiger partial charge in [-0.3, -0.25) is 0 Å². The number of nitrogens with two attached hydrogens (primary N) is 1. The average molecular weight is 346 g/mol. The van der Waals surface area contributed by atoms with Gasteiger partial charge in [0.05, 0.1) is 5.71 Å². The maximum Gasteiger partial charge on any atom is 0.0551 e. The number of anilines is 1. The molecule has 0 atom stereocenters. The number of hydrogen-bond donors (Lipinski definition) is 2. The number of aryl methyl sites for hydroxylation is 1. The molecular weight excluding hydrogens is 324 g/mol. The van der Waals surface area contributed by atoms with Crippen LogP contribution in [0.1, 0.15) is 16.7 Å². The Morgan fingerprint density at radius 2 is 1.72 bits per heavy atom. The fourth-order valence-corrected chi connectivity index (χ4v) is 6.25. The lowest BCUT2D eigenvalue weighted by molar-refractivity contribution is 1.31. The molecule has 1 aliphatic heterocycles. The zero-order valence-corrected chi connectivity index (χ0v) is 15.6. The molecule has 0 aromatic heterocycles. The molecule has 0 saturated carbocycles. The van der Waals surface area contributed by atoms with Gasteiger partial charge in [-0.05, 0) is 71.6 Å².